The number of piperidine rings is 1. The number of rotatable bonds is 5. The molecule has 0 bridgehead atoms. The van der Waals surface area contributed by atoms with E-state index in [0.29, 0.717) is 17.0 Å². The Labute approximate surface area is 169 Å². The number of carbonyl (C=O) groups is 1. The zero-order chi connectivity index (χ0) is 19.3. The third-order valence-electron chi connectivity index (χ3n) is 4.97. The zero-order valence-electron chi connectivity index (χ0n) is 15.6. The lowest BCUT2D eigenvalue weighted by atomic mass is 10.1. The molecular formula is C21H23N5OS. The monoisotopic (exact) mass is 393 g/mol. The van der Waals surface area contributed by atoms with Crippen molar-refractivity contribution in [1.29, 1.82) is 0 Å². The van der Waals surface area contributed by atoms with E-state index in [4.69, 9.17) is 12.2 Å². The number of amides is 1. The zero-order valence-corrected chi connectivity index (χ0v) is 16.4. The van der Waals surface area contributed by atoms with Gasteiger partial charge in [0.1, 0.15) is 11.5 Å². The summed E-state index contributed by atoms with van der Waals surface area (Å²) in [5.74, 6) is 0.813. The number of nitrogens with zero attached hydrogens (tertiary/aromatic N) is 3. The van der Waals surface area contributed by atoms with Gasteiger partial charge in [0, 0.05) is 37.7 Å². The molecule has 7 heteroatoms. The van der Waals surface area contributed by atoms with Gasteiger partial charge in [0.15, 0.2) is 4.77 Å². The first kappa shape index (κ1) is 18.4. The minimum atomic E-state index is -0.174. The maximum Gasteiger partial charge on any atom is 0.270 e. The topological polar surface area (TPSA) is 66.0 Å². The molecule has 144 valence electrons. The predicted molar refractivity (Wildman–Crippen MR) is 112 cm³/mol. The van der Waals surface area contributed by atoms with Crippen molar-refractivity contribution in [3.8, 4) is 5.69 Å². The summed E-state index contributed by atoms with van der Waals surface area (Å²) in [6.45, 7) is 2.53. The van der Waals surface area contributed by atoms with Crippen LogP contribution in [-0.2, 0) is 6.54 Å². The number of imidazole rings is 1. The molecule has 1 aromatic carbocycles. The first-order valence-corrected chi connectivity index (χ1v) is 9.97. The number of H-pyrrole nitrogens is 1. The number of benzene rings is 1. The van der Waals surface area contributed by atoms with Gasteiger partial charge in [-0.15, -0.1) is 0 Å². The van der Waals surface area contributed by atoms with Gasteiger partial charge in [-0.1, -0.05) is 18.2 Å². The molecule has 0 spiro atoms. The Morgan fingerprint density at radius 2 is 1.93 bits per heavy atom. The number of aromatic nitrogens is 3. The summed E-state index contributed by atoms with van der Waals surface area (Å²) < 4.78 is 2.24. The number of pyridine rings is 1. The lowest BCUT2D eigenvalue weighted by Crippen LogP contribution is -2.30. The van der Waals surface area contributed by atoms with E-state index in [1.165, 1.54) is 19.3 Å². The Morgan fingerprint density at radius 1 is 1.14 bits per heavy atom. The number of para-hydroxylation sites is 1. The molecule has 0 unspecified atom stereocenters. The smallest absolute Gasteiger partial charge is 0.270 e. The molecule has 0 aliphatic carbocycles. The Morgan fingerprint density at radius 3 is 2.71 bits per heavy atom. The highest BCUT2D eigenvalue weighted by molar-refractivity contribution is 7.71. The first-order chi connectivity index (χ1) is 13.7. The Balaban J connectivity index is 1.48. The van der Waals surface area contributed by atoms with Crippen LogP contribution >= 0.6 is 12.2 Å². The second-order valence-electron chi connectivity index (χ2n) is 6.90. The summed E-state index contributed by atoms with van der Waals surface area (Å²) in [5, 5.41) is 3.00. The van der Waals surface area contributed by atoms with Crippen molar-refractivity contribution in [3.05, 3.63) is 70.9 Å². The highest BCUT2D eigenvalue weighted by Gasteiger charge is 2.15. The van der Waals surface area contributed by atoms with Crippen molar-refractivity contribution in [3.63, 3.8) is 0 Å². The van der Waals surface area contributed by atoms with Crippen LogP contribution in [-0.4, -0.2) is 33.5 Å². The minimum Gasteiger partial charge on any atom is -0.357 e. The van der Waals surface area contributed by atoms with Crippen molar-refractivity contribution in [2.45, 2.75) is 25.8 Å². The van der Waals surface area contributed by atoms with Crippen LogP contribution in [0.2, 0.25) is 0 Å². The highest BCUT2D eigenvalue weighted by atomic mass is 32.1. The molecule has 2 aromatic heterocycles. The van der Waals surface area contributed by atoms with Crippen molar-refractivity contribution < 1.29 is 4.79 Å². The maximum atomic E-state index is 12.8. The van der Waals surface area contributed by atoms with E-state index >= 15 is 0 Å². The minimum absolute atomic E-state index is 0.174. The molecule has 3 heterocycles. The third kappa shape index (κ3) is 3.99. The van der Waals surface area contributed by atoms with Gasteiger partial charge in [0.2, 0.25) is 0 Å². The van der Waals surface area contributed by atoms with Crippen LogP contribution in [0.4, 0.5) is 5.82 Å². The van der Waals surface area contributed by atoms with E-state index in [1.54, 1.807) is 10.8 Å². The predicted octanol–water partition coefficient (Wildman–Crippen LogP) is 3.85. The van der Waals surface area contributed by atoms with Crippen LogP contribution in [0.3, 0.4) is 0 Å². The molecule has 2 N–H and O–H groups in total. The van der Waals surface area contributed by atoms with Gasteiger partial charge in [0.05, 0.1) is 0 Å². The van der Waals surface area contributed by atoms with Crippen molar-refractivity contribution in [2.75, 3.05) is 18.0 Å². The Bertz CT molecular complexity index is 1000. The molecule has 28 heavy (non-hydrogen) atoms. The molecule has 0 saturated carbocycles. The van der Waals surface area contributed by atoms with E-state index in [-0.39, 0.29) is 5.91 Å². The van der Waals surface area contributed by atoms with Crippen LogP contribution < -0.4 is 10.2 Å². The molecular weight excluding hydrogens is 370 g/mol. The summed E-state index contributed by atoms with van der Waals surface area (Å²) in [4.78, 5) is 22.6. The van der Waals surface area contributed by atoms with Gasteiger partial charge in [-0.2, -0.15) is 0 Å². The fraction of sp³-hybridized carbons (Fsp3) is 0.286. The number of nitrogens with one attached hydrogen (secondary N) is 2. The number of carbonyl (C=O) groups excluding carboxylic acids is 1. The largest absolute Gasteiger partial charge is 0.357 e. The van der Waals surface area contributed by atoms with Gasteiger partial charge in [-0.3, -0.25) is 9.36 Å². The van der Waals surface area contributed by atoms with Crippen LogP contribution in [0.1, 0.15) is 35.3 Å². The number of hydrogen-bond donors (Lipinski definition) is 2. The standard InChI is InChI=1S/C21H23N5OS/c27-20(18-15-24-21(28)26(18)17-7-3-1-4-8-17)23-14-16-9-10-22-19(13-16)25-11-5-2-6-12-25/h1,3-4,7-10,13,15H,2,5-6,11-12,14H2,(H,23,27)(H,24,28). The van der Waals surface area contributed by atoms with E-state index in [0.717, 1.165) is 30.2 Å². The maximum absolute atomic E-state index is 12.8. The van der Waals surface area contributed by atoms with Crippen molar-refractivity contribution >= 4 is 23.9 Å². The molecule has 0 radical (unpaired) electrons. The molecule has 1 aliphatic heterocycles. The highest BCUT2D eigenvalue weighted by Crippen LogP contribution is 2.18. The fourth-order valence-electron chi connectivity index (χ4n) is 3.51. The summed E-state index contributed by atoms with van der Waals surface area (Å²) in [5.41, 5.74) is 2.38. The van der Waals surface area contributed by atoms with Crippen molar-refractivity contribution in [2.24, 2.45) is 0 Å². The van der Waals surface area contributed by atoms with Gasteiger partial charge in [-0.25, -0.2) is 4.98 Å². The van der Waals surface area contributed by atoms with Crippen LogP contribution in [0.25, 0.3) is 5.69 Å². The SMILES string of the molecule is O=C(NCc1ccnc(N2CCCCC2)c1)c1c[nH]c(=S)n1-c1ccccc1. The lowest BCUT2D eigenvalue weighted by Gasteiger charge is -2.27. The third-order valence-corrected chi connectivity index (χ3v) is 5.27. The van der Waals surface area contributed by atoms with Crippen LogP contribution in [0.15, 0.2) is 54.9 Å². The van der Waals surface area contributed by atoms with Gasteiger partial charge in [0.25, 0.3) is 5.91 Å². The second kappa shape index (κ2) is 8.39. The molecule has 1 saturated heterocycles. The normalized spacial score (nSPS) is 14.1. The Kier molecular flexibility index (Phi) is 5.53. The van der Waals surface area contributed by atoms with Crippen LogP contribution in [0.5, 0.6) is 0 Å². The molecule has 6 nitrogen and oxygen atoms in total. The molecule has 1 amide bonds. The van der Waals surface area contributed by atoms with Gasteiger partial charge in [-0.05, 0) is 61.3 Å². The van der Waals surface area contributed by atoms with E-state index in [1.807, 2.05) is 42.6 Å². The van der Waals surface area contributed by atoms with Crippen molar-refractivity contribution in [1.82, 2.24) is 19.9 Å². The van der Waals surface area contributed by atoms with E-state index < -0.39 is 0 Å². The molecule has 1 fully saturated rings. The van der Waals surface area contributed by atoms with E-state index in [9.17, 15) is 4.79 Å². The average molecular weight is 394 g/mol. The number of anilines is 1. The summed E-state index contributed by atoms with van der Waals surface area (Å²) >= 11 is 5.35. The molecule has 3 aromatic rings. The van der Waals surface area contributed by atoms with Crippen LogP contribution in [0, 0.1) is 4.77 Å². The van der Waals surface area contributed by atoms with E-state index in [2.05, 4.69) is 26.3 Å². The second-order valence-corrected chi connectivity index (χ2v) is 7.29. The van der Waals surface area contributed by atoms with Gasteiger partial charge >= 0.3 is 0 Å². The quantitative estimate of drug-likeness (QED) is 0.646. The molecule has 0 atom stereocenters. The number of hydrogen-bond acceptors (Lipinski definition) is 4. The van der Waals surface area contributed by atoms with Gasteiger partial charge < -0.3 is 15.2 Å². The molecule has 4 rings (SSSR count). The lowest BCUT2D eigenvalue weighted by molar-refractivity contribution is 0.0944. The summed E-state index contributed by atoms with van der Waals surface area (Å²) in [6, 6.07) is 13.6. The average Bonchev–Trinajstić information content (AvgIpc) is 3.15. The fourth-order valence-corrected chi connectivity index (χ4v) is 3.77. The Hall–Kier alpha value is -2.93. The first-order valence-electron chi connectivity index (χ1n) is 9.56. The summed E-state index contributed by atoms with van der Waals surface area (Å²) in [6.07, 6.45) is 7.16. The molecule has 1 aliphatic rings. The number of aromatic amines is 1. The summed E-state index contributed by atoms with van der Waals surface area (Å²) in [7, 11) is 0.